The van der Waals surface area contributed by atoms with E-state index in [-0.39, 0.29) is 0 Å². The second kappa shape index (κ2) is 3.86. The van der Waals surface area contributed by atoms with Crippen molar-refractivity contribution in [1.29, 1.82) is 0 Å². The van der Waals surface area contributed by atoms with E-state index in [2.05, 4.69) is 9.97 Å². The predicted octanol–water partition coefficient (Wildman–Crippen LogP) is 1.93. The zero-order chi connectivity index (χ0) is 9.97. The van der Waals surface area contributed by atoms with Gasteiger partial charge in [-0.05, 0) is 24.6 Å². The van der Waals surface area contributed by atoms with Crippen LogP contribution in [0.5, 0.6) is 0 Å². The number of aliphatic hydroxyl groups is 1. The van der Waals surface area contributed by atoms with Gasteiger partial charge in [-0.2, -0.15) is 0 Å². The van der Waals surface area contributed by atoms with Gasteiger partial charge in [-0.25, -0.2) is 4.98 Å². The lowest BCUT2D eigenvalue weighted by Crippen LogP contribution is -2.02. The number of pyridine rings is 1. The van der Waals surface area contributed by atoms with Crippen molar-refractivity contribution in [1.82, 2.24) is 9.97 Å². The minimum Gasteiger partial charge on any atom is -0.380 e. The first kappa shape index (κ1) is 9.30. The standard InChI is InChI=1S/C10H10N2OS/c1-7-2-3-11-8(4-7)10(13)9-5-14-6-12-9/h2-6,10,13H,1H3. The molecule has 0 fully saturated rings. The number of nitrogens with zero attached hydrogens (tertiary/aromatic N) is 2. The molecule has 1 unspecified atom stereocenters. The zero-order valence-corrected chi connectivity index (χ0v) is 8.53. The Morgan fingerprint density at radius 2 is 2.21 bits per heavy atom. The summed E-state index contributed by atoms with van der Waals surface area (Å²) in [6, 6.07) is 3.77. The van der Waals surface area contributed by atoms with Crippen molar-refractivity contribution in [3.63, 3.8) is 0 Å². The molecule has 0 saturated carbocycles. The minimum absolute atomic E-state index is 0.649. The molecule has 72 valence electrons. The predicted molar refractivity (Wildman–Crippen MR) is 55.1 cm³/mol. The smallest absolute Gasteiger partial charge is 0.139 e. The van der Waals surface area contributed by atoms with E-state index in [1.54, 1.807) is 11.7 Å². The van der Waals surface area contributed by atoms with E-state index in [4.69, 9.17) is 0 Å². The third-order valence-corrected chi connectivity index (χ3v) is 2.55. The van der Waals surface area contributed by atoms with Gasteiger partial charge in [0.15, 0.2) is 0 Å². The average molecular weight is 206 g/mol. The van der Waals surface area contributed by atoms with Gasteiger partial charge in [-0.15, -0.1) is 11.3 Å². The quantitative estimate of drug-likeness (QED) is 0.816. The fraction of sp³-hybridized carbons (Fsp3) is 0.200. The Morgan fingerprint density at radius 3 is 2.86 bits per heavy atom. The van der Waals surface area contributed by atoms with Crippen LogP contribution in [0.1, 0.15) is 23.1 Å². The van der Waals surface area contributed by atoms with Crippen LogP contribution in [0.3, 0.4) is 0 Å². The van der Waals surface area contributed by atoms with Crippen LogP contribution < -0.4 is 0 Å². The van der Waals surface area contributed by atoms with Crippen molar-refractivity contribution in [3.8, 4) is 0 Å². The van der Waals surface area contributed by atoms with Gasteiger partial charge >= 0.3 is 0 Å². The summed E-state index contributed by atoms with van der Waals surface area (Å²) in [5, 5.41) is 11.7. The molecule has 3 nitrogen and oxygen atoms in total. The molecule has 14 heavy (non-hydrogen) atoms. The maximum atomic E-state index is 9.89. The summed E-state index contributed by atoms with van der Waals surface area (Å²) >= 11 is 1.47. The minimum atomic E-state index is -0.707. The van der Waals surface area contributed by atoms with E-state index in [1.807, 2.05) is 24.4 Å². The van der Waals surface area contributed by atoms with Crippen molar-refractivity contribution in [3.05, 3.63) is 46.2 Å². The molecule has 2 aromatic heterocycles. The third kappa shape index (κ3) is 1.81. The monoisotopic (exact) mass is 206 g/mol. The lowest BCUT2D eigenvalue weighted by atomic mass is 10.1. The molecule has 0 amide bonds. The molecule has 0 saturated heterocycles. The van der Waals surface area contributed by atoms with Crippen molar-refractivity contribution < 1.29 is 5.11 Å². The first-order valence-electron chi connectivity index (χ1n) is 4.26. The van der Waals surface area contributed by atoms with Crippen LogP contribution in [-0.2, 0) is 0 Å². The molecule has 0 radical (unpaired) electrons. The summed E-state index contributed by atoms with van der Waals surface area (Å²) in [6.07, 6.45) is 0.987. The average Bonchev–Trinajstić information content (AvgIpc) is 2.69. The lowest BCUT2D eigenvalue weighted by molar-refractivity contribution is 0.211. The number of aryl methyl sites for hydroxylation is 1. The molecule has 2 rings (SSSR count). The van der Waals surface area contributed by atoms with Gasteiger partial charge < -0.3 is 5.11 Å². The van der Waals surface area contributed by atoms with E-state index in [9.17, 15) is 5.11 Å². The highest BCUT2D eigenvalue weighted by Gasteiger charge is 2.13. The van der Waals surface area contributed by atoms with Crippen LogP contribution in [0.25, 0.3) is 0 Å². The Morgan fingerprint density at radius 1 is 1.36 bits per heavy atom. The van der Waals surface area contributed by atoms with Crippen LogP contribution in [0, 0.1) is 6.92 Å². The van der Waals surface area contributed by atoms with E-state index < -0.39 is 6.10 Å². The molecule has 1 atom stereocenters. The summed E-state index contributed by atoms with van der Waals surface area (Å²) in [6.45, 7) is 1.97. The van der Waals surface area contributed by atoms with Gasteiger partial charge in [-0.1, -0.05) is 0 Å². The van der Waals surface area contributed by atoms with Crippen molar-refractivity contribution in [2.45, 2.75) is 13.0 Å². The van der Waals surface area contributed by atoms with Gasteiger partial charge in [0.25, 0.3) is 0 Å². The topological polar surface area (TPSA) is 46.0 Å². The van der Waals surface area contributed by atoms with Crippen LogP contribution >= 0.6 is 11.3 Å². The first-order valence-corrected chi connectivity index (χ1v) is 5.20. The summed E-state index contributed by atoms with van der Waals surface area (Å²) < 4.78 is 0. The molecule has 0 aliphatic heterocycles. The van der Waals surface area contributed by atoms with Gasteiger partial charge in [-0.3, -0.25) is 4.98 Å². The zero-order valence-electron chi connectivity index (χ0n) is 7.71. The first-order chi connectivity index (χ1) is 6.77. The molecule has 1 N–H and O–H groups in total. The molecule has 0 bridgehead atoms. The molecular weight excluding hydrogens is 196 g/mol. The van der Waals surface area contributed by atoms with Gasteiger partial charge in [0.2, 0.25) is 0 Å². The normalized spacial score (nSPS) is 12.7. The molecular formula is C10H10N2OS. The maximum Gasteiger partial charge on any atom is 0.139 e. The number of hydrogen-bond donors (Lipinski definition) is 1. The Hall–Kier alpha value is -1.26. The van der Waals surface area contributed by atoms with E-state index in [0.29, 0.717) is 11.4 Å². The largest absolute Gasteiger partial charge is 0.380 e. The molecule has 2 heterocycles. The number of aliphatic hydroxyl groups excluding tert-OH is 1. The van der Waals surface area contributed by atoms with Crippen molar-refractivity contribution in [2.75, 3.05) is 0 Å². The molecule has 0 spiro atoms. The SMILES string of the molecule is Cc1ccnc(C(O)c2cscn2)c1. The van der Waals surface area contributed by atoms with Gasteiger partial charge in [0.05, 0.1) is 16.9 Å². The second-order valence-electron chi connectivity index (χ2n) is 3.07. The van der Waals surface area contributed by atoms with Crippen LogP contribution in [0.4, 0.5) is 0 Å². The van der Waals surface area contributed by atoms with Crippen molar-refractivity contribution >= 4 is 11.3 Å². The second-order valence-corrected chi connectivity index (χ2v) is 3.79. The fourth-order valence-corrected chi connectivity index (χ4v) is 1.79. The summed E-state index contributed by atoms with van der Waals surface area (Å²) in [5.74, 6) is 0. The van der Waals surface area contributed by atoms with Crippen molar-refractivity contribution in [2.24, 2.45) is 0 Å². The highest BCUT2D eigenvalue weighted by atomic mass is 32.1. The van der Waals surface area contributed by atoms with Crippen LogP contribution in [0.2, 0.25) is 0 Å². The van der Waals surface area contributed by atoms with Crippen LogP contribution in [-0.4, -0.2) is 15.1 Å². The van der Waals surface area contributed by atoms with Crippen LogP contribution in [0.15, 0.2) is 29.2 Å². The summed E-state index contributed by atoms with van der Waals surface area (Å²) in [4.78, 5) is 8.16. The Labute approximate surface area is 86.1 Å². The Balaban J connectivity index is 2.32. The highest BCUT2D eigenvalue weighted by Crippen LogP contribution is 2.19. The van der Waals surface area contributed by atoms with Gasteiger partial charge in [0.1, 0.15) is 6.10 Å². The molecule has 4 heteroatoms. The molecule has 0 aliphatic carbocycles. The van der Waals surface area contributed by atoms with E-state index in [1.165, 1.54) is 11.3 Å². The number of thiazole rings is 1. The van der Waals surface area contributed by atoms with Gasteiger partial charge in [0, 0.05) is 11.6 Å². The third-order valence-electron chi connectivity index (χ3n) is 1.95. The Bertz CT molecular complexity index is 414. The number of rotatable bonds is 2. The molecule has 0 aliphatic rings. The molecule has 0 aromatic carbocycles. The fourth-order valence-electron chi connectivity index (χ4n) is 1.22. The summed E-state index contributed by atoms with van der Waals surface area (Å²) in [7, 11) is 0. The highest BCUT2D eigenvalue weighted by molar-refractivity contribution is 7.07. The Kier molecular flexibility index (Phi) is 2.56. The number of hydrogen-bond acceptors (Lipinski definition) is 4. The van der Waals surface area contributed by atoms with E-state index >= 15 is 0 Å². The lowest BCUT2D eigenvalue weighted by Gasteiger charge is -2.07. The number of aromatic nitrogens is 2. The summed E-state index contributed by atoms with van der Waals surface area (Å²) in [5.41, 5.74) is 4.10. The molecule has 2 aromatic rings. The maximum absolute atomic E-state index is 9.89. The van der Waals surface area contributed by atoms with E-state index in [0.717, 1.165) is 5.56 Å².